The van der Waals surface area contributed by atoms with Gasteiger partial charge in [-0.1, -0.05) is 0 Å². The number of carbonyl (C=O) groups excluding carboxylic acids is 1. The van der Waals surface area contributed by atoms with Crippen molar-refractivity contribution in [3.8, 4) is 0 Å². The van der Waals surface area contributed by atoms with E-state index in [0.717, 1.165) is 0 Å². The molecule has 0 radical (unpaired) electrons. The summed E-state index contributed by atoms with van der Waals surface area (Å²) in [5, 5.41) is 2.57. The van der Waals surface area contributed by atoms with E-state index < -0.39 is 11.5 Å². The number of hydrogen-bond donors (Lipinski definition) is 1. The number of amides is 1. The van der Waals surface area contributed by atoms with Crippen LogP contribution < -0.4 is 5.32 Å². The van der Waals surface area contributed by atoms with Crippen LogP contribution in [0.2, 0.25) is 0 Å². The van der Waals surface area contributed by atoms with Gasteiger partial charge in [0.15, 0.2) is 0 Å². The van der Waals surface area contributed by atoms with E-state index in [1.54, 1.807) is 13.8 Å². The maximum absolute atomic E-state index is 12.5. The lowest BCUT2D eigenvalue weighted by Gasteiger charge is -2.21. The molecular weight excluding hydrogens is 199 g/mol. The highest BCUT2D eigenvalue weighted by atomic mass is 19.1. The number of aromatic nitrogens is 1. The van der Waals surface area contributed by atoms with Crippen LogP contribution in [0.4, 0.5) is 10.1 Å². The third-order valence-corrected chi connectivity index (χ3v) is 2.04. The number of nitrogens with zero attached hydrogens (tertiary/aromatic N) is 1. The summed E-state index contributed by atoms with van der Waals surface area (Å²) in [6.45, 7) is 3.28. The van der Waals surface area contributed by atoms with Gasteiger partial charge in [0.05, 0.1) is 11.9 Å². The molecule has 1 N–H and O–H groups in total. The largest absolute Gasteiger partial charge is 0.369 e. The van der Waals surface area contributed by atoms with E-state index in [9.17, 15) is 9.18 Å². The third-order valence-electron chi connectivity index (χ3n) is 2.04. The van der Waals surface area contributed by atoms with E-state index in [0.29, 0.717) is 5.69 Å². The van der Waals surface area contributed by atoms with Gasteiger partial charge in [-0.05, 0) is 26.0 Å². The van der Waals surface area contributed by atoms with Crippen molar-refractivity contribution >= 4 is 11.6 Å². The van der Waals surface area contributed by atoms with Crippen LogP contribution in [0.1, 0.15) is 13.8 Å². The van der Waals surface area contributed by atoms with Crippen molar-refractivity contribution in [1.29, 1.82) is 0 Å². The van der Waals surface area contributed by atoms with Crippen molar-refractivity contribution in [3.05, 3.63) is 24.3 Å². The van der Waals surface area contributed by atoms with Gasteiger partial charge in [0, 0.05) is 7.11 Å². The maximum Gasteiger partial charge on any atom is 0.256 e. The van der Waals surface area contributed by atoms with Crippen molar-refractivity contribution in [2.75, 3.05) is 12.4 Å². The van der Waals surface area contributed by atoms with Crippen LogP contribution in [0.25, 0.3) is 0 Å². The zero-order valence-electron chi connectivity index (χ0n) is 8.87. The molecule has 0 aliphatic carbocycles. The third kappa shape index (κ3) is 2.99. The first kappa shape index (κ1) is 11.6. The first-order chi connectivity index (χ1) is 6.95. The fourth-order valence-corrected chi connectivity index (χ4v) is 0.824. The van der Waals surface area contributed by atoms with Crippen molar-refractivity contribution in [3.63, 3.8) is 0 Å². The molecule has 82 valence electrons. The second kappa shape index (κ2) is 4.35. The molecule has 1 amide bonds. The maximum atomic E-state index is 12.5. The molecule has 5 heteroatoms. The van der Waals surface area contributed by atoms with Gasteiger partial charge in [0.2, 0.25) is 5.95 Å². The molecule has 0 saturated heterocycles. The van der Waals surface area contributed by atoms with Crippen LogP contribution in [0.15, 0.2) is 18.3 Å². The van der Waals surface area contributed by atoms with E-state index in [2.05, 4.69) is 10.3 Å². The quantitative estimate of drug-likeness (QED) is 0.774. The monoisotopic (exact) mass is 212 g/mol. The molecule has 1 aromatic heterocycles. The molecule has 1 aromatic rings. The zero-order chi connectivity index (χ0) is 11.5. The molecule has 15 heavy (non-hydrogen) atoms. The second-order valence-electron chi connectivity index (χ2n) is 3.54. The van der Waals surface area contributed by atoms with Crippen LogP contribution in [0, 0.1) is 5.95 Å². The van der Waals surface area contributed by atoms with Crippen LogP contribution >= 0.6 is 0 Å². The molecule has 1 heterocycles. The SMILES string of the molecule is COC(C)(C)C(=O)Nc1ccc(F)nc1. The average Bonchev–Trinajstić information content (AvgIpc) is 2.21. The highest BCUT2D eigenvalue weighted by Crippen LogP contribution is 2.12. The summed E-state index contributed by atoms with van der Waals surface area (Å²) < 4.78 is 17.5. The normalized spacial score (nSPS) is 11.2. The standard InChI is InChI=1S/C10H13FN2O2/c1-10(2,15-3)9(14)13-7-4-5-8(11)12-6-7/h4-6H,1-3H3,(H,13,14). The Labute approximate surface area is 87.5 Å². The van der Waals surface area contributed by atoms with E-state index >= 15 is 0 Å². The minimum Gasteiger partial charge on any atom is -0.369 e. The van der Waals surface area contributed by atoms with Gasteiger partial charge in [0.25, 0.3) is 5.91 Å². The first-order valence-corrected chi connectivity index (χ1v) is 4.44. The average molecular weight is 212 g/mol. The molecule has 0 aliphatic rings. The number of halogens is 1. The van der Waals surface area contributed by atoms with E-state index in [-0.39, 0.29) is 5.91 Å². The van der Waals surface area contributed by atoms with Gasteiger partial charge in [0.1, 0.15) is 5.60 Å². The summed E-state index contributed by atoms with van der Waals surface area (Å²) in [5.74, 6) is -0.891. The Kier molecular flexibility index (Phi) is 3.36. The molecule has 4 nitrogen and oxygen atoms in total. The number of carbonyl (C=O) groups is 1. The van der Waals surface area contributed by atoms with Crippen LogP contribution in [0.3, 0.4) is 0 Å². The van der Waals surface area contributed by atoms with Crippen LogP contribution in [-0.2, 0) is 9.53 Å². The smallest absolute Gasteiger partial charge is 0.256 e. The Morgan fingerprint density at radius 3 is 2.67 bits per heavy atom. The number of hydrogen-bond acceptors (Lipinski definition) is 3. The van der Waals surface area contributed by atoms with Gasteiger partial charge < -0.3 is 10.1 Å². The lowest BCUT2D eigenvalue weighted by molar-refractivity contribution is -0.133. The fourth-order valence-electron chi connectivity index (χ4n) is 0.824. The minimum absolute atomic E-state index is 0.307. The molecule has 0 aromatic carbocycles. The van der Waals surface area contributed by atoms with Gasteiger partial charge >= 0.3 is 0 Å². The van der Waals surface area contributed by atoms with Crippen molar-refractivity contribution < 1.29 is 13.9 Å². The molecular formula is C10H13FN2O2. The molecule has 1 rings (SSSR count). The van der Waals surface area contributed by atoms with Crippen LogP contribution in [-0.4, -0.2) is 23.6 Å². The molecule has 0 atom stereocenters. The number of ether oxygens (including phenoxy) is 1. The van der Waals surface area contributed by atoms with Crippen molar-refractivity contribution in [1.82, 2.24) is 4.98 Å². The zero-order valence-corrected chi connectivity index (χ0v) is 8.87. The van der Waals surface area contributed by atoms with Gasteiger partial charge in [-0.15, -0.1) is 0 Å². The second-order valence-corrected chi connectivity index (χ2v) is 3.54. The summed E-state index contributed by atoms with van der Waals surface area (Å²) in [4.78, 5) is 15.0. The Morgan fingerprint density at radius 2 is 2.20 bits per heavy atom. The lowest BCUT2D eigenvalue weighted by Crippen LogP contribution is -2.38. The first-order valence-electron chi connectivity index (χ1n) is 4.44. The Bertz CT molecular complexity index is 349. The van der Waals surface area contributed by atoms with Gasteiger partial charge in [-0.3, -0.25) is 4.79 Å². The highest BCUT2D eigenvalue weighted by Gasteiger charge is 2.26. The number of pyridine rings is 1. The van der Waals surface area contributed by atoms with Crippen molar-refractivity contribution in [2.45, 2.75) is 19.4 Å². The number of anilines is 1. The Balaban J connectivity index is 2.71. The van der Waals surface area contributed by atoms with E-state index in [4.69, 9.17) is 4.74 Å². The van der Waals surface area contributed by atoms with Crippen LogP contribution in [0.5, 0.6) is 0 Å². The Hall–Kier alpha value is -1.49. The fraction of sp³-hybridized carbons (Fsp3) is 0.400. The summed E-state index contributed by atoms with van der Waals surface area (Å²) >= 11 is 0. The highest BCUT2D eigenvalue weighted by molar-refractivity contribution is 5.96. The van der Waals surface area contributed by atoms with E-state index in [1.807, 2.05) is 0 Å². The molecule has 0 bridgehead atoms. The number of rotatable bonds is 3. The minimum atomic E-state index is -0.922. The van der Waals surface area contributed by atoms with Gasteiger partial charge in [-0.2, -0.15) is 4.39 Å². The molecule has 0 saturated carbocycles. The topological polar surface area (TPSA) is 51.2 Å². The molecule has 0 fully saturated rings. The molecule has 0 aliphatic heterocycles. The van der Waals surface area contributed by atoms with Crippen molar-refractivity contribution in [2.24, 2.45) is 0 Å². The number of nitrogens with one attached hydrogen (secondary N) is 1. The molecule has 0 unspecified atom stereocenters. The molecule has 0 spiro atoms. The summed E-state index contributed by atoms with van der Waals surface area (Å²) in [7, 11) is 1.45. The number of methoxy groups -OCH3 is 1. The predicted octanol–water partition coefficient (Wildman–Crippen LogP) is 1.58. The van der Waals surface area contributed by atoms with E-state index in [1.165, 1.54) is 25.4 Å². The summed E-state index contributed by atoms with van der Waals surface area (Å²) in [5.41, 5.74) is -0.486. The summed E-state index contributed by atoms with van der Waals surface area (Å²) in [6, 6.07) is 2.61. The Morgan fingerprint density at radius 1 is 1.53 bits per heavy atom. The summed E-state index contributed by atoms with van der Waals surface area (Å²) in [6.07, 6.45) is 1.25. The predicted molar refractivity (Wildman–Crippen MR) is 53.9 cm³/mol. The van der Waals surface area contributed by atoms with Gasteiger partial charge in [-0.25, -0.2) is 4.98 Å². The lowest BCUT2D eigenvalue weighted by atomic mass is 10.1.